The Kier molecular flexibility index (Phi) is 5.15. The van der Waals surface area contributed by atoms with E-state index in [0.29, 0.717) is 0 Å². The Balaban J connectivity index is 2.44. The Morgan fingerprint density at radius 1 is 1.53 bits per heavy atom. The highest BCUT2D eigenvalue weighted by Crippen LogP contribution is 2.18. The summed E-state index contributed by atoms with van der Waals surface area (Å²) < 4.78 is 5.24. The zero-order chi connectivity index (χ0) is 12.9. The van der Waals surface area contributed by atoms with E-state index in [-0.39, 0.29) is 24.9 Å². The number of hydrogen-bond acceptors (Lipinski definition) is 4. The summed E-state index contributed by atoms with van der Waals surface area (Å²) in [4.78, 5) is 12.8. The summed E-state index contributed by atoms with van der Waals surface area (Å²) in [6, 6.07) is 3.99. The fourth-order valence-corrected chi connectivity index (χ4v) is 2.35. The van der Waals surface area contributed by atoms with Gasteiger partial charge in [-0.3, -0.25) is 4.79 Å². The van der Waals surface area contributed by atoms with Gasteiger partial charge in [-0.15, -0.1) is 11.3 Å². The summed E-state index contributed by atoms with van der Waals surface area (Å²) in [6.07, 6.45) is 0.999. The van der Waals surface area contributed by atoms with Crippen LogP contribution >= 0.6 is 11.3 Å². The summed E-state index contributed by atoms with van der Waals surface area (Å²) in [5.74, 6) is -0.295. The van der Waals surface area contributed by atoms with Crippen LogP contribution in [0.4, 0.5) is 0 Å². The highest BCUT2D eigenvalue weighted by Gasteiger charge is 2.20. The molecule has 0 radical (unpaired) electrons. The van der Waals surface area contributed by atoms with Gasteiger partial charge in [0.25, 0.3) is 0 Å². The molecule has 0 aromatic carbocycles. The van der Waals surface area contributed by atoms with Gasteiger partial charge in [0.05, 0.1) is 6.42 Å². The molecule has 4 heteroatoms. The van der Waals surface area contributed by atoms with Gasteiger partial charge in [-0.05, 0) is 44.6 Å². The maximum absolute atomic E-state index is 11.6. The van der Waals surface area contributed by atoms with E-state index in [1.165, 1.54) is 4.88 Å². The number of hydrogen-bond donors (Lipinski definition) is 1. The fourth-order valence-electron chi connectivity index (χ4n) is 1.53. The van der Waals surface area contributed by atoms with Crippen molar-refractivity contribution in [2.45, 2.75) is 39.2 Å². The highest BCUT2D eigenvalue weighted by atomic mass is 32.1. The molecule has 96 valence electrons. The van der Waals surface area contributed by atoms with Crippen LogP contribution < -0.4 is 0 Å². The molecule has 1 atom stereocenters. The first-order valence-corrected chi connectivity index (χ1v) is 6.64. The molecule has 0 saturated heterocycles. The van der Waals surface area contributed by atoms with Crippen molar-refractivity contribution in [1.29, 1.82) is 0 Å². The minimum absolute atomic E-state index is 0.0111. The molecule has 1 aromatic rings. The number of ether oxygens (including phenoxy) is 1. The minimum atomic E-state index is -0.458. The van der Waals surface area contributed by atoms with Crippen LogP contribution in [0, 0.1) is 5.92 Å². The molecule has 0 bridgehead atoms. The molecule has 0 aliphatic heterocycles. The van der Waals surface area contributed by atoms with Gasteiger partial charge >= 0.3 is 5.97 Å². The van der Waals surface area contributed by atoms with E-state index < -0.39 is 5.60 Å². The smallest absolute Gasteiger partial charge is 0.306 e. The van der Waals surface area contributed by atoms with Gasteiger partial charge in [0.1, 0.15) is 5.60 Å². The third-order valence-corrected chi connectivity index (χ3v) is 3.10. The van der Waals surface area contributed by atoms with E-state index in [1.54, 1.807) is 11.3 Å². The number of thiophene rings is 1. The summed E-state index contributed by atoms with van der Waals surface area (Å²) in [5, 5.41) is 11.3. The van der Waals surface area contributed by atoms with Crippen molar-refractivity contribution in [2.24, 2.45) is 5.92 Å². The van der Waals surface area contributed by atoms with Crippen LogP contribution in [0.1, 0.15) is 32.1 Å². The van der Waals surface area contributed by atoms with Gasteiger partial charge in [-0.2, -0.15) is 0 Å². The lowest BCUT2D eigenvalue weighted by molar-refractivity contribution is -0.156. The van der Waals surface area contributed by atoms with Gasteiger partial charge < -0.3 is 9.84 Å². The lowest BCUT2D eigenvalue weighted by Crippen LogP contribution is -2.26. The first-order chi connectivity index (χ1) is 7.90. The van der Waals surface area contributed by atoms with Gasteiger partial charge in [0.2, 0.25) is 0 Å². The van der Waals surface area contributed by atoms with Crippen molar-refractivity contribution >= 4 is 17.3 Å². The second-order valence-electron chi connectivity index (χ2n) is 5.12. The second kappa shape index (κ2) is 6.17. The second-order valence-corrected chi connectivity index (χ2v) is 6.15. The quantitative estimate of drug-likeness (QED) is 0.824. The van der Waals surface area contributed by atoms with E-state index in [4.69, 9.17) is 4.74 Å². The third-order valence-electron chi connectivity index (χ3n) is 2.20. The van der Waals surface area contributed by atoms with Crippen molar-refractivity contribution in [3.63, 3.8) is 0 Å². The van der Waals surface area contributed by atoms with Gasteiger partial charge in [-0.25, -0.2) is 0 Å². The molecular weight excluding hydrogens is 236 g/mol. The lowest BCUT2D eigenvalue weighted by atomic mass is 10.0. The van der Waals surface area contributed by atoms with Gasteiger partial charge in [0, 0.05) is 11.5 Å². The summed E-state index contributed by atoms with van der Waals surface area (Å²) in [7, 11) is 0. The molecule has 1 rings (SSSR count). The molecule has 1 heterocycles. The van der Waals surface area contributed by atoms with Crippen molar-refractivity contribution < 1.29 is 14.6 Å². The maximum atomic E-state index is 11.6. The lowest BCUT2D eigenvalue weighted by Gasteiger charge is -2.21. The summed E-state index contributed by atoms with van der Waals surface area (Å²) in [5.41, 5.74) is -0.458. The number of carbonyl (C=O) groups is 1. The number of esters is 1. The maximum Gasteiger partial charge on any atom is 0.306 e. The SMILES string of the molecule is CC(C)(C)OC(=O)CC(CO)Cc1cccs1. The van der Waals surface area contributed by atoms with E-state index in [2.05, 4.69) is 0 Å². The number of aliphatic hydroxyl groups is 1. The molecule has 0 aliphatic carbocycles. The Morgan fingerprint density at radius 2 is 2.24 bits per heavy atom. The predicted octanol–water partition coefficient (Wildman–Crippen LogP) is 2.63. The molecule has 17 heavy (non-hydrogen) atoms. The molecular formula is C13H20O3S. The van der Waals surface area contributed by atoms with Crippen molar-refractivity contribution in [2.75, 3.05) is 6.61 Å². The highest BCUT2D eigenvalue weighted by molar-refractivity contribution is 7.09. The molecule has 1 aromatic heterocycles. The van der Waals surface area contributed by atoms with Crippen LogP contribution in [-0.4, -0.2) is 23.3 Å². The molecule has 0 amide bonds. The molecule has 1 N–H and O–H groups in total. The Labute approximate surface area is 106 Å². The fraction of sp³-hybridized carbons (Fsp3) is 0.615. The van der Waals surface area contributed by atoms with Crippen molar-refractivity contribution in [3.05, 3.63) is 22.4 Å². The van der Waals surface area contributed by atoms with Gasteiger partial charge in [-0.1, -0.05) is 6.07 Å². The average Bonchev–Trinajstić information content (AvgIpc) is 2.66. The normalized spacial score (nSPS) is 13.4. The Morgan fingerprint density at radius 3 is 2.71 bits per heavy atom. The largest absolute Gasteiger partial charge is 0.460 e. The first-order valence-electron chi connectivity index (χ1n) is 5.76. The third kappa shape index (κ3) is 5.84. The monoisotopic (exact) mass is 256 g/mol. The first kappa shape index (κ1) is 14.2. The molecule has 1 unspecified atom stereocenters. The van der Waals surface area contributed by atoms with Crippen molar-refractivity contribution in [1.82, 2.24) is 0 Å². The summed E-state index contributed by atoms with van der Waals surface area (Å²) >= 11 is 1.64. The van der Waals surface area contributed by atoms with Crippen LogP contribution in [-0.2, 0) is 16.0 Å². The summed E-state index contributed by atoms with van der Waals surface area (Å²) in [6.45, 7) is 5.55. The van der Waals surface area contributed by atoms with Crippen LogP contribution in [0.25, 0.3) is 0 Å². The zero-order valence-corrected chi connectivity index (χ0v) is 11.4. The molecule has 0 saturated carbocycles. The molecule has 0 fully saturated rings. The van der Waals surface area contributed by atoms with E-state index in [0.717, 1.165) is 6.42 Å². The van der Waals surface area contributed by atoms with Crippen molar-refractivity contribution in [3.8, 4) is 0 Å². The zero-order valence-electron chi connectivity index (χ0n) is 10.6. The van der Waals surface area contributed by atoms with E-state index in [9.17, 15) is 9.90 Å². The van der Waals surface area contributed by atoms with Crippen LogP contribution in [0.3, 0.4) is 0 Å². The Bertz CT molecular complexity index is 338. The van der Waals surface area contributed by atoms with Crippen LogP contribution in [0.5, 0.6) is 0 Å². The van der Waals surface area contributed by atoms with E-state index in [1.807, 2.05) is 38.3 Å². The molecule has 3 nitrogen and oxygen atoms in total. The minimum Gasteiger partial charge on any atom is -0.460 e. The number of carbonyl (C=O) groups excluding carboxylic acids is 1. The average molecular weight is 256 g/mol. The molecule has 0 aliphatic rings. The topological polar surface area (TPSA) is 46.5 Å². The van der Waals surface area contributed by atoms with Crippen LogP contribution in [0.2, 0.25) is 0 Å². The standard InChI is InChI=1S/C13H20O3S/c1-13(2,3)16-12(15)8-10(9-14)7-11-5-4-6-17-11/h4-6,10,14H,7-9H2,1-3H3. The van der Waals surface area contributed by atoms with Crippen LogP contribution in [0.15, 0.2) is 17.5 Å². The van der Waals surface area contributed by atoms with E-state index >= 15 is 0 Å². The predicted molar refractivity (Wildman–Crippen MR) is 69.1 cm³/mol. The number of aliphatic hydroxyl groups excluding tert-OH is 1. The molecule has 0 spiro atoms. The number of rotatable bonds is 5. The van der Waals surface area contributed by atoms with Gasteiger partial charge in [0.15, 0.2) is 0 Å². The Hall–Kier alpha value is -0.870.